The van der Waals surface area contributed by atoms with Gasteiger partial charge in [-0.15, -0.1) is 0 Å². The van der Waals surface area contributed by atoms with E-state index in [1.54, 1.807) is 0 Å². The maximum atomic E-state index is 12.7. The van der Waals surface area contributed by atoms with Crippen LogP contribution in [0.25, 0.3) is 0 Å². The fraction of sp³-hybridized carbons (Fsp3) is 0.533. The van der Waals surface area contributed by atoms with Crippen molar-refractivity contribution >= 4 is 17.3 Å². The summed E-state index contributed by atoms with van der Waals surface area (Å²) in [6.45, 7) is 7.93. The Labute approximate surface area is 114 Å². The SMILES string of the molecule is CC1(C)CCN(C(=O)c2cccc3c2NCCN3)C1. The number of amides is 1. The zero-order valence-electron chi connectivity index (χ0n) is 11.6. The van der Waals surface area contributed by atoms with E-state index in [4.69, 9.17) is 0 Å². The van der Waals surface area contributed by atoms with Crippen molar-refractivity contribution in [2.75, 3.05) is 36.8 Å². The van der Waals surface area contributed by atoms with E-state index in [9.17, 15) is 4.79 Å². The lowest BCUT2D eigenvalue weighted by molar-refractivity contribution is 0.0779. The number of hydrogen-bond donors (Lipinski definition) is 2. The topological polar surface area (TPSA) is 44.4 Å². The van der Waals surface area contributed by atoms with Gasteiger partial charge < -0.3 is 15.5 Å². The fourth-order valence-corrected chi connectivity index (χ4v) is 2.91. The summed E-state index contributed by atoms with van der Waals surface area (Å²) in [7, 11) is 0. The average molecular weight is 259 g/mol. The first-order valence-corrected chi connectivity index (χ1v) is 6.97. The van der Waals surface area contributed by atoms with E-state index >= 15 is 0 Å². The molecular weight excluding hydrogens is 238 g/mol. The number of fused-ring (bicyclic) bond motifs is 1. The second-order valence-corrected chi connectivity index (χ2v) is 6.22. The molecule has 2 aliphatic rings. The van der Waals surface area contributed by atoms with Crippen LogP contribution < -0.4 is 10.6 Å². The van der Waals surface area contributed by atoms with Crippen LogP contribution in [0.4, 0.5) is 11.4 Å². The summed E-state index contributed by atoms with van der Waals surface area (Å²) in [5, 5.41) is 6.68. The van der Waals surface area contributed by atoms with Gasteiger partial charge in [-0.05, 0) is 24.0 Å². The monoisotopic (exact) mass is 259 g/mol. The van der Waals surface area contributed by atoms with Crippen LogP contribution in [-0.2, 0) is 0 Å². The highest BCUT2D eigenvalue weighted by atomic mass is 16.2. The number of nitrogens with one attached hydrogen (secondary N) is 2. The number of hydrogen-bond acceptors (Lipinski definition) is 3. The quantitative estimate of drug-likeness (QED) is 0.814. The van der Waals surface area contributed by atoms with E-state index in [1.807, 2.05) is 23.1 Å². The van der Waals surface area contributed by atoms with Crippen molar-refractivity contribution in [3.8, 4) is 0 Å². The normalized spacial score (nSPS) is 20.4. The largest absolute Gasteiger partial charge is 0.382 e. The Morgan fingerprint density at radius 1 is 1.26 bits per heavy atom. The molecule has 1 amide bonds. The van der Waals surface area contributed by atoms with Crippen molar-refractivity contribution in [1.82, 2.24) is 4.90 Å². The molecule has 3 rings (SSSR count). The fourth-order valence-electron chi connectivity index (χ4n) is 2.91. The molecule has 0 aliphatic carbocycles. The lowest BCUT2D eigenvalue weighted by Crippen LogP contribution is -2.32. The van der Waals surface area contributed by atoms with Crippen LogP contribution in [0.15, 0.2) is 18.2 Å². The van der Waals surface area contributed by atoms with E-state index in [0.29, 0.717) is 0 Å². The van der Waals surface area contributed by atoms with Crippen LogP contribution in [0.5, 0.6) is 0 Å². The summed E-state index contributed by atoms with van der Waals surface area (Å²) in [6.07, 6.45) is 1.08. The molecule has 0 saturated carbocycles. The van der Waals surface area contributed by atoms with Gasteiger partial charge in [-0.2, -0.15) is 0 Å². The molecule has 1 fully saturated rings. The molecule has 2 N–H and O–H groups in total. The van der Waals surface area contributed by atoms with Crippen molar-refractivity contribution < 1.29 is 4.79 Å². The molecule has 0 spiro atoms. The number of rotatable bonds is 1. The Morgan fingerprint density at radius 2 is 2.05 bits per heavy atom. The lowest BCUT2D eigenvalue weighted by Gasteiger charge is -2.25. The van der Waals surface area contributed by atoms with Crippen LogP contribution in [0, 0.1) is 5.41 Å². The third-order valence-corrected chi connectivity index (χ3v) is 4.00. The zero-order valence-corrected chi connectivity index (χ0v) is 11.6. The van der Waals surface area contributed by atoms with Gasteiger partial charge in [0.05, 0.1) is 16.9 Å². The number of carbonyl (C=O) groups excluding carboxylic acids is 1. The van der Waals surface area contributed by atoms with Crippen molar-refractivity contribution in [3.05, 3.63) is 23.8 Å². The van der Waals surface area contributed by atoms with Crippen molar-refractivity contribution in [2.45, 2.75) is 20.3 Å². The zero-order chi connectivity index (χ0) is 13.5. The molecular formula is C15H21N3O. The third kappa shape index (κ3) is 2.27. The Morgan fingerprint density at radius 3 is 2.79 bits per heavy atom. The van der Waals surface area contributed by atoms with E-state index in [-0.39, 0.29) is 11.3 Å². The number of anilines is 2. The predicted octanol–water partition coefficient (Wildman–Crippen LogP) is 2.40. The molecule has 0 radical (unpaired) electrons. The lowest BCUT2D eigenvalue weighted by atomic mass is 9.93. The van der Waals surface area contributed by atoms with Crippen LogP contribution >= 0.6 is 0 Å². The van der Waals surface area contributed by atoms with Gasteiger partial charge in [-0.25, -0.2) is 0 Å². The third-order valence-electron chi connectivity index (χ3n) is 4.00. The molecule has 1 aromatic carbocycles. The summed E-state index contributed by atoms with van der Waals surface area (Å²) in [4.78, 5) is 14.6. The van der Waals surface area contributed by atoms with Crippen molar-refractivity contribution in [2.24, 2.45) is 5.41 Å². The first-order chi connectivity index (χ1) is 9.07. The average Bonchev–Trinajstić information content (AvgIpc) is 2.78. The van der Waals surface area contributed by atoms with Gasteiger partial charge in [-0.1, -0.05) is 19.9 Å². The van der Waals surface area contributed by atoms with E-state index in [0.717, 1.165) is 49.5 Å². The number of nitrogens with zero attached hydrogens (tertiary/aromatic N) is 1. The van der Waals surface area contributed by atoms with Gasteiger partial charge in [0.2, 0.25) is 0 Å². The van der Waals surface area contributed by atoms with Crippen molar-refractivity contribution in [1.29, 1.82) is 0 Å². The molecule has 2 heterocycles. The molecule has 1 aromatic rings. The molecule has 19 heavy (non-hydrogen) atoms. The van der Waals surface area contributed by atoms with Gasteiger partial charge in [-0.3, -0.25) is 4.79 Å². The standard InChI is InChI=1S/C15H21N3O/c1-15(2)6-9-18(10-15)14(19)11-4-3-5-12-13(11)17-8-7-16-12/h3-5,16-17H,6-10H2,1-2H3. The summed E-state index contributed by atoms with van der Waals surface area (Å²) in [5.74, 6) is 0.152. The summed E-state index contributed by atoms with van der Waals surface area (Å²) in [6, 6.07) is 5.89. The van der Waals surface area contributed by atoms with Gasteiger partial charge in [0, 0.05) is 26.2 Å². The Bertz CT molecular complexity index is 510. The number of carbonyl (C=O) groups is 1. The van der Waals surface area contributed by atoms with Gasteiger partial charge in [0.25, 0.3) is 5.91 Å². The molecule has 0 atom stereocenters. The Hall–Kier alpha value is -1.71. The van der Waals surface area contributed by atoms with Crippen LogP contribution in [0.1, 0.15) is 30.6 Å². The van der Waals surface area contributed by atoms with Crippen LogP contribution in [0.3, 0.4) is 0 Å². The summed E-state index contributed by atoms with van der Waals surface area (Å²) >= 11 is 0. The molecule has 4 nitrogen and oxygen atoms in total. The van der Waals surface area contributed by atoms with Gasteiger partial charge in [0.1, 0.15) is 0 Å². The molecule has 4 heteroatoms. The first-order valence-electron chi connectivity index (χ1n) is 6.97. The second-order valence-electron chi connectivity index (χ2n) is 6.22. The van der Waals surface area contributed by atoms with E-state index in [1.165, 1.54) is 0 Å². The summed E-state index contributed by atoms with van der Waals surface area (Å²) < 4.78 is 0. The summed E-state index contributed by atoms with van der Waals surface area (Å²) in [5.41, 5.74) is 3.04. The minimum absolute atomic E-state index is 0.152. The highest BCUT2D eigenvalue weighted by molar-refractivity contribution is 6.03. The maximum Gasteiger partial charge on any atom is 0.256 e. The number of para-hydroxylation sites is 1. The molecule has 2 aliphatic heterocycles. The molecule has 0 aromatic heterocycles. The van der Waals surface area contributed by atoms with Crippen molar-refractivity contribution in [3.63, 3.8) is 0 Å². The Kier molecular flexibility index (Phi) is 2.88. The molecule has 1 saturated heterocycles. The van der Waals surface area contributed by atoms with E-state index < -0.39 is 0 Å². The minimum atomic E-state index is 0.152. The van der Waals surface area contributed by atoms with Crippen LogP contribution in [-0.4, -0.2) is 37.0 Å². The second kappa shape index (κ2) is 4.44. The molecule has 0 bridgehead atoms. The molecule has 0 unspecified atom stereocenters. The molecule has 102 valence electrons. The highest BCUT2D eigenvalue weighted by Crippen LogP contribution is 2.33. The Balaban J connectivity index is 1.88. The number of likely N-dealkylation sites (tertiary alicyclic amines) is 1. The smallest absolute Gasteiger partial charge is 0.256 e. The maximum absolute atomic E-state index is 12.7. The number of benzene rings is 1. The predicted molar refractivity (Wildman–Crippen MR) is 77.7 cm³/mol. The van der Waals surface area contributed by atoms with Crippen LogP contribution in [0.2, 0.25) is 0 Å². The highest BCUT2D eigenvalue weighted by Gasteiger charge is 2.33. The van der Waals surface area contributed by atoms with E-state index in [2.05, 4.69) is 24.5 Å². The van der Waals surface area contributed by atoms with Gasteiger partial charge in [0.15, 0.2) is 0 Å². The van der Waals surface area contributed by atoms with Gasteiger partial charge >= 0.3 is 0 Å². The first kappa shape index (κ1) is 12.3. The minimum Gasteiger partial charge on any atom is -0.382 e.